The predicted octanol–water partition coefficient (Wildman–Crippen LogP) is 20.2. The Morgan fingerprint density at radius 3 is 0.871 bits per heavy atom. The van der Waals surface area contributed by atoms with Crippen LogP contribution in [0.1, 0.15) is 297 Å². The van der Waals surface area contributed by atoms with Gasteiger partial charge in [0.1, 0.15) is 13.2 Å². The summed E-state index contributed by atoms with van der Waals surface area (Å²) in [4.78, 5) is 38.1. The second kappa shape index (κ2) is 58.4. The van der Waals surface area contributed by atoms with Crippen molar-refractivity contribution < 1.29 is 28.6 Å². The van der Waals surface area contributed by atoms with Crippen LogP contribution >= 0.6 is 0 Å². The first-order valence-electron chi connectivity index (χ1n) is 29.9. The second-order valence-corrected chi connectivity index (χ2v) is 19.9. The average molecular weight is 978 g/mol. The molecule has 0 saturated heterocycles. The van der Waals surface area contributed by atoms with Crippen LogP contribution < -0.4 is 0 Å². The molecule has 0 heterocycles. The van der Waals surface area contributed by atoms with Gasteiger partial charge < -0.3 is 14.2 Å². The maximum Gasteiger partial charge on any atom is 0.306 e. The predicted molar refractivity (Wildman–Crippen MR) is 302 cm³/mol. The summed E-state index contributed by atoms with van der Waals surface area (Å²) in [6.07, 6.45) is 74.9. The van der Waals surface area contributed by atoms with Gasteiger partial charge >= 0.3 is 17.9 Å². The Hall–Kier alpha value is -3.15. The van der Waals surface area contributed by atoms with Gasteiger partial charge in [-0.3, -0.25) is 14.4 Å². The molecule has 0 rings (SSSR count). The first kappa shape index (κ1) is 66.9. The third-order valence-corrected chi connectivity index (χ3v) is 13.0. The lowest BCUT2D eigenvalue weighted by Gasteiger charge is -2.18. The van der Waals surface area contributed by atoms with E-state index in [1.54, 1.807) is 0 Å². The van der Waals surface area contributed by atoms with Crippen LogP contribution in [0.25, 0.3) is 0 Å². The van der Waals surface area contributed by atoms with Gasteiger partial charge in [0.15, 0.2) is 6.10 Å². The van der Waals surface area contributed by atoms with Crippen LogP contribution in [0.2, 0.25) is 0 Å². The molecule has 404 valence electrons. The molecule has 1 atom stereocenters. The fraction of sp³-hybridized carbons (Fsp3) is 0.766. The van der Waals surface area contributed by atoms with E-state index in [1.807, 2.05) is 0 Å². The molecule has 0 fully saturated rings. The van der Waals surface area contributed by atoms with Crippen molar-refractivity contribution in [3.05, 3.63) is 72.9 Å². The molecule has 0 saturated carbocycles. The van der Waals surface area contributed by atoms with Gasteiger partial charge in [0.25, 0.3) is 0 Å². The molecule has 0 aliphatic rings. The standard InChI is InChI=1S/C64H112O6/c1-4-7-10-13-16-19-21-23-25-27-29-31-32-34-35-37-39-41-43-45-48-51-54-57-63(66)69-60-61(59-68-62(65)56-53-50-47-18-15-12-9-6-3)70-64(67)58-55-52-49-46-44-42-40-38-36-33-30-28-26-24-22-20-17-14-11-8-5-2/h7,10,16,19,23,25,29,31,34-35,39,41,61H,4-6,8-9,11-15,17-18,20-22,24,26-28,30,32-33,36-38,40,42-60H2,1-3H3/b10-7-,19-16-,25-23-,31-29-,35-34-,41-39-. The maximum atomic E-state index is 12.8. The molecular weight excluding hydrogens is 865 g/mol. The fourth-order valence-corrected chi connectivity index (χ4v) is 8.51. The molecule has 0 aromatic heterocycles. The molecule has 0 aliphatic carbocycles. The van der Waals surface area contributed by atoms with Crippen molar-refractivity contribution in [2.45, 2.75) is 303 Å². The van der Waals surface area contributed by atoms with Crippen molar-refractivity contribution in [3.63, 3.8) is 0 Å². The number of rotatable bonds is 54. The van der Waals surface area contributed by atoms with Crippen molar-refractivity contribution >= 4 is 17.9 Å². The van der Waals surface area contributed by atoms with Crippen LogP contribution in [-0.4, -0.2) is 37.2 Å². The van der Waals surface area contributed by atoms with Crippen LogP contribution in [0.15, 0.2) is 72.9 Å². The number of hydrogen-bond donors (Lipinski definition) is 0. The number of unbranched alkanes of at least 4 members (excludes halogenated alkanes) is 31. The fourth-order valence-electron chi connectivity index (χ4n) is 8.51. The number of esters is 3. The summed E-state index contributed by atoms with van der Waals surface area (Å²) in [6, 6.07) is 0. The summed E-state index contributed by atoms with van der Waals surface area (Å²) in [7, 11) is 0. The zero-order chi connectivity index (χ0) is 50.7. The van der Waals surface area contributed by atoms with E-state index in [9.17, 15) is 14.4 Å². The van der Waals surface area contributed by atoms with E-state index in [2.05, 4.69) is 93.7 Å². The molecule has 6 heteroatoms. The van der Waals surface area contributed by atoms with Crippen LogP contribution in [0.5, 0.6) is 0 Å². The topological polar surface area (TPSA) is 78.9 Å². The van der Waals surface area contributed by atoms with E-state index in [0.717, 1.165) is 109 Å². The monoisotopic (exact) mass is 977 g/mol. The zero-order valence-electron chi connectivity index (χ0n) is 46.3. The zero-order valence-corrected chi connectivity index (χ0v) is 46.3. The van der Waals surface area contributed by atoms with E-state index >= 15 is 0 Å². The van der Waals surface area contributed by atoms with Crippen LogP contribution in [-0.2, 0) is 28.6 Å². The third kappa shape index (κ3) is 55.8. The van der Waals surface area contributed by atoms with Crippen molar-refractivity contribution in [1.82, 2.24) is 0 Å². The van der Waals surface area contributed by atoms with Gasteiger partial charge in [-0.1, -0.05) is 280 Å². The highest BCUT2D eigenvalue weighted by atomic mass is 16.6. The highest BCUT2D eigenvalue weighted by Crippen LogP contribution is 2.17. The SMILES string of the molecule is CC/C=C\C/C=C\C/C=C\C/C=C\C/C=C\C/C=C\CCCCCCC(=O)OCC(COC(=O)CCCCCCCCCC)OC(=O)CCCCCCCCCCCCCCCCCCCCCCC. The summed E-state index contributed by atoms with van der Waals surface area (Å²) in [5.41, 5.74) is 0. The second-order valence-electron chi connectivity index (χ2n) is 19.9. The lowest BCUT2D eigenvalue weighted by molar-refractivity contribution is -0.167. The highest BCUT2D eigenvalue weighted by Gasteiger charge is 2.19. The Balaban J connectivity index is 4.26. The minimum absolute atomic E-state index is 0.0806. The van der Waals surface area contributed by atoms with Gasteiger partial charge in [0.05, 0.1) is 0 Å². The number of carbonyl (C=O) groups excluding carboxylic acids is 3. The average Bonchev–Trinajstić information content (AvgIpc) is 3.36. The Morgan fingerprint density at radius 1 is 0.300 bits per heavy atom. The molecule has 1 unspecified atom stereocenters. The van der Waals surface area contributed by atoms with Gasteiger partial charge in [-0.15, -0.1) is 0 Å². The molecule has 0 amide bonds. The van der Waals surface area contributed by atoms with Crippen LogP contribution in [0.4, 0.5) is 0 Å². The van der Waals surface area contributed by atoms with Crippen molar-refractivity contribution in [3.8, 4) is 0 Å². The summed E-state index contributed by atoms with van der Waals surface area (Å²) in [6.45, 7) is 6.51. The Morgan fingerprint density at radius 2 is 0.557 bits per heavy atom. The normalized spacial score (nSPS) is 12.6. The molecule has 0 aliphatic heterocycles. The van der Waals surface area contributed by atoms with Crippen molar-refractivity contribution in [1.29, 1.82) is 0 Å². The molecular formula is C64H112O6. The lowest BCUT2D eigenvalue weighted by atomic mass is 10.0. The number of carbonyl (C=O) groups is 3. The number of allylic oxidation sites excluding steroid dienone is 12. The number of hydrogen-bond acceptors (Lipinski definition) is 6. The largest absolute Gasteiger partial charge is 0.462 e. The molecule has 0 spiro atoms. The van der Waals surface area contributed by atoms with Gasteiger partial charge in [0.2, 0.25) is 0 Å². The Kier molecular flexibility index (Phi) is 55.8. The Labute approximate surface area is 433 Å². The number of ether oxygens (including phenoxy) is 3. The smallest absolute Gasteiger partial charge is 0.306 e. The third-order valence-electron chi connectivity index (χ3n) is 13.0. The minimum Gasteiger partial charge on any atom is -0.462 e. The highest BCUT2D eigenvalue weighted by molar-refractivity contribution is 5.71. The summed E-state index contributed by atoms with van der Waals surface area (Å²) in [5.74, 6) is -0.899. The maximum absolute atomic E-state index is 12.8. The molecule has 0 radical (unpaired) electrons. The molecule has 70 heavy (non-hydrogen) atoms. The van der Waals surface area contributed by atoms with E-state index in [4.69, 9.17) is 14.2 Å². The minimum atomic E-state index is -0.782. The van der Waals surface area contributed by atoms with Gasteiger partial charge in [-0.2, -0.15) is 0 Å². The molecule has 0 aromatic carbocycles. The summed E-state index contributed by atoms with van der Waals surface area (Å²) >= 11 is 0. The molecule has 0 aromatic rings. The summed E-state index contributed by atoms with van der Waals surface area (Å²) < 4.78 is 16.8. The van der Waals surface area contributed by atoms with Crippen molar-refractivity contribution in [2.24, 2.45) is 0 Å². The lowest BCUT2D eigenvalue weighted by Crippen LogP contribution is -2.30. The van der Waals surface area contributed by atoms with E-state index in [0.29, 0.717) is 19.3 Å². The van der Waals surface area contributed by atoms with Gasteiger partial charge in [0, 0.05) is 19.3 Å². The first-order chi connectivity index (χ1) is 34.5. The molecule has 6 nitrogen and oxygen atoms in total. The first-order valence-corrected chi connectivity index (χ1v) is 29.9. The van der Waals surface area contributed by atoms with Crippen molar-refractivity contribution in [2.75, 3.05) is 13.2 Å². The van der Waals surface area contributed by atoms with E-state index in [-0.39, 0.29) is 31.1 Å². The van der Waals surface area contributed by atoms with Crippen LogP contribution in [0, 0.1) is 0 Å². The van der Waals surface area contributed by atoms with Crippen LogP contribution in [0.3, 0.4) is 0 Å². The quantitative estimate of drug-likeness (QED) is 0.0261. The van der Waals surface area contributed by atoms with Gasteiger partial charge in [-0.25, -0.2) is 0 Å². The van der Waals surface area contributed by atoms with E-state index < -0.39 is 6.10 Å². The van der Waals surface area contributed by atoms with E-state index in [1.165, 1.54) is 148 Å². The van der Waals surface area contributed by atoms with Gasteiger partial charge in [-0.05, 0) is 70.6 Å². The molecule has 0 bridgehead atoms. The molecule has 0 N–H and O–H groups in total. The Bertz CT molecular complexity index is 1310. The summed E-state index contributed by atoms with van der Waals surface area (Å²) in [5, 5.41) is 0.